The van der Waals surface area contributed by atoms with Crippen molar-refractivity contribution in [3.05, 3.63) is 95.1 Å². The Hall–Kier alpha value is -3.40. The van der Waals surface area contributed by atoms with Crippen molar-refractivity contribution in [3.8, 4) is 11.3 Å². The second-order valence-corrected chi connectivity index (χ2v) is 11.4. The van der Waals surface area contributed by atoms with E-state index in [0.29, 0.717) is 32.8 Å². The molecule has 0 radical (unpaired) electrons. The molecule has 3 aromatic carbocycles. The van der Waals surface area contributed by atoms with E-state index >= 15 is 0 Å². The predicted molar refractivity (Wildman–Crippen MR) is 143 cm³/mol. The number of carbonyl (C=O) groups is 1. The molecule has 0 fully saturated rings. The molecule has 182 valence electrons. The number of halogens is 1. The number of rotatable bonds is 6. The molecule has 10 heteroatoms. The van der Waals surface area contributed by atoms with Crippen molar-refractivity contribution in [1.82, 2.24) is 9.97 Å². The zero-order valence-corrected chi connectivity index (χ0v) is 21.6. The van der Waals surface area contributed by atoms with Crippen LogP contribution in [0.2, 0.25) is 5.02 Å². The van der Waals surface area contributed by atoms with Crippen LogP contribution in [0.3, 0.4) is 0 Å². The molecule has 0 spiro atoms. The topological polar surface area (TPSA) is 92.3 Å². The van der Waals surface area contributed by atoms with Gasteiger partial charge in [-0.1, -0.05) is 65.8 Å². The molecule has 0 bridgehead atoms. The van der Waals surface area contributed by atoms with Gasteiger partial charge in [-0.05, 0) is 48.4 Å². The van der Waals surface area contributed by atoms with E-state index in [0.717, 1.165) is 22.9 Å². The van der Waals surface area contributed by atoms with Crippen molar-refractivity contribution in [1.29, 1.82) is 0 Å². The van der Waals surface area contributed by atoms with Crippen molar-refractivity contribution < 1.29 is 13.2 Å². The lowest BCUT2D eigenvalue weighted by molar-refractivity contribution is -0.113. The number of amides is 1. The van der Waals surface area contributed by atoms with Gasteiger partial charge in [-0.3, -0.25) is 9.10 Å². The van der Waals surface area contributed by atoms with Crippen molar-refractivity contribution >= 4 is 50.7 Å². The monoisotopic (exact) mass is 536 g/mol. The molecule has 1 aromatic heterocycles. The number of benzene rings is 3. The molecule has 2 heterocycles. The van der Waals surface area contributed by atoms with Crippen LogP contribution in [0.25, 0.3) is 11.3 Å². The Morgan fingerprint density at radius 1 is 1.03 bits per heavy atom. The van der Waals surface area contributed by atoms with Gasteiger partial charge in [-0.25, -0.2) is 18.4 Å². The maximum atomic E-state index is 13.7. The van der Waals surface area contributed by atoms with Gasteiger partial charge in [0, 0.05) is 16.3 Å². The number of hydrogen-bond donors (Lipinski definition) is 1. The lowest BCUT2D eigenvalue weighted by Crippen LogP contribution is -2.34. The Morgan fingerprint density at radius 3 is 2.53 bits per heavy atom. The highest BCUT2D eigenvalue weighted by Gasteiger charge is 2.36. The number of thioether (sulfide) groups is 1. The molecule has 0 aliphatic carbocycles. The summed E-state index contributed by atoms with van der Waals surface area (Å²) in [5.74, 6) is -0.170. The fraction of sp³-hybridized carbons (Fsp3) is 0.115. The Bertz CT molecular complexity index is 1560. The van der Waals surface area contributed by atoms with Gasteiger partial charge < -0.3 is 5.32 Å². The summed E-state index contributed by atoms with van der Waals surface area (Å²) >= 11 is 7.02. The maximum Gasteiger partial charge on any atom is 0.268 e. The Morgan fingerprint density at radius 2 is 1.75 bits per heavy atom. The smallest absolute Gasteiger partial charge is 0.268 e. The van der Waals surface area contributed by atoms with Crippen molar-refractivity contribution in [2.45, 2.75) is 23.5 Å². The van der Waals surface area contributed by atoms with Gasteiger partial charge in [-0.2, -0.15) is 0 Å². The fourth-order valence-corrected chi connectivity index (χ4v) is 6.21. The summed E-state index contributed by atoms with van der Waals surface area (Å²) < 4.78 is 28.7. The second-order valence-electron chi connectivity index (χ2n) is 8.16. The Labute approximate surface area is 218 Å². The highest BCUT2D eigenvalue weighted by atomic mass is 35.5. The van der Waals surface area contributed by atoms with Crippen LogP contribution in [0.1, 0.15) is 11.1 Å². The van der Waals surface area contributed by atoms with Crippen LogP contribution in [-0.4, -0.2) is 30.0 Å². The molecule has 7 nitrogen and oxygen atoms in total. The summed E-state index contributed by atoms with van der Waals surface area (Å²) in [4.78, 5) is 21.2. The third-order valence-electron chi connectivity index (χ3n) is 5.76. The van der Waals surface area contributed by atoms with Gasteiger partial charge in [0.2, 0.25) is 5.91 Å². The van der Waals surface area contributed by atoms with Crippen LogP contribution >= 0.6 is 23.4 Å². The zero-order chi connectivity index (χ0) is 25.3. The van der Waals surface area contributed by atoms with Crippen molar-refractivity contribution in [2.24, 2.45) is 0 Å². The van der Waals surface area contributed by atoms with E-state index in [1.165, 1.54) is 10.5 Å². The summed E-state index contributed by atoms with van der Waals surface area (Å²) in [6.07, 6.45) is 1.33. The van der Waals surface area contributed by atoms with Crippen molar-refractivity contribution in [2.75, 3.05) is 15.4 Å². The highest BCUT2D eigenvalue weighted by Crippen LogP contribution is 2.43. The molecule has 0 saturated heterocycles. The van der Waals surface area contributed by atoms with E-state index in [1.807, 2.05) is 49.4 Å². The number of nitrogens with zero attached hydrogens (tertiary/aromatic N) is 3. The number of anilines is 2. The van der Waals surface area contributed by atoms with Gasteiger partial charge in [-0.15, -0.1) is 0 Å². The Kier molecular flexibility index (Phi) is 6.70. The van der Waals surface area contributed by atoms with Crippen LogP contribution in [0.15, 0.2) is 89.0 Å². The van der Waals surface area contributed by atoms with Crippen LogP contribution in [-0.2, 0) is 21.4 Å². The largest absolute Gasteiger partial charge is 0.325 e. The quantitative estimate of drug-likeness (QED) is 0.257. The average molecular weight is 537 g/mol. The summed E-state index contributed by atoms with van der Waals surface area (Å²) in [6.45, 7) is 2.16. The third kappa shape index (κ3) is 4.82. The average Bonchev–Trinajstić information content (AvgIpc) is 2.87. The lowest BCUT2D eigenvalue weighted by atomic mass is 10.1. The molecule has 1 N–H and O–H groups in total. The number of fused-ring (bicyclic) bond motifs is 3. The fourth-order valence-electron chi connectivity index (χ4n) is 3.92. The summed E-state index contributed by atoms with van der Waals surface area (Å²) in [7, 11) is -3.89. The molecule has 0 atom stereocenters. The number of hydrogen-bond acceptors (Lipinski definition) is 6. The lowest BCUT2D eigenvalue weighted by Gasteiger charge is -2.31. The highest BCUT2D eigenvalue weighted by molar-refractivity contribution is 7.99. The minimum absolute atomic E-state index is 0.0461. The normalized spacial score (nSPS) is 13.6. The molecular formula is C26H21ClN4O3S2. The third-order valence-corrected chi connectivity index (χ3v) is 8.64. The Balaban J connectivity index is 1.41. The summed E-state index contributed by atoms with van der Waals surface area (Å²) in [5, 5.41) is 3.69. The summed E-state index contributed by atoms with van der Waals surface area (Å²) in [5.41, 5.74) is 4.15. The van der Waals surface area contributed by atoms with Crippen LogP contribution < -0.4 is 9.62 Å². The standard InChI is InChI=1S/C26H21ClN4O3S2/c1-17-6-2-3-7-18(17)15-31-22-9-5-4-8-21(22)25-23(36(31,33)34)14-28-26(30-25)35-16-24(32)29-20-12-10-19(27)11-13-20/h2-14H,15-16H2,1H3,(H,29,32). The van der Waals surface area contributed by atoms with E-state index in [1.54, 1.807) is 30.3 Å². The number of aryl methyl sites for hydroxylation is 1. The van der Waals surface area contributed by atoms with Crippen LogP contribution in [0, 0.1) is 6.92 Å². The van der Waals surface area contributed by atoms with Crippen LogP contribution in [0.4, 0.5) is 11.4 Å². The van der Waals surface area contributed by atoms with E-state index in [4.69, 9.17) is 11.6 Å². The number of carbonyl (C=O) groups excluding carboxylic acids is 1. The minimum atomic E-state index is -3.89. The predicted octanol–water partition coefficient (Wildman–Crippen LogP) is 5.55. The van der Waals surface area contributed by atoms with Gasteiger partial charge in [0.05, 0.1) is 29.9 Å². The van der Waals surface area contributed by atoms with Gasteiger partial charge >= 0.3 is 0 Å². The SMILES string of the molecule is Cc1ccccc1CN1c2ccccc2-c2nc(SCC(=O)Nc3ccc(Cl)cc3)ncc2S1(=O)=O. The molecule has 0 unspecified atom stereocenters. The summed E-state index contributed by atoms with van der Waals surface area (Å²) in [6, 6.07) is 21.8. The second kappa shape index (κ2) is 9.93. The molecule has 5 rings (SSSR count). The first-order valence-corrected chi connectivity index (χ1v) is 13.9. The van der Waals surface area contributed by atoms with Gasteiger partial charge in [0.25, 0.3) is 10.0 Å². The van der Waals surface area contributed by atoms with E-state index < -0.39 is 10.0 Å². The molecular weight excluding hydrogens is 516 g/mol. The van der Waals surface area contributed by atoms with Gasteiger partial charge in [0.1, 0.15) is 4.90 Å². The zero-order valence-electron chi connectivity index (χ0n) is 19.2. The van der Waals surface area contributed by atoms with E-state index in [-0.39, 0.29) is 23.1 Å². The first-order chi connectivity index (χ1) is 17.3. The molecule has 1 amide bonds. The van der Waals surface area contributed by atoms with E-state index in [2.05, 4.69) is 15.3 Å². The first-order valence-electron chi connectivity index (χ1n) is 11.0. The molecule has 36 heavy (non-hydrogen) atoms. The van der Waals surface area contributed by atoms with Crippen LogP contribution in [0.5, 0.6) is 0 Å². The first kappa shape index (κ1) is 24.3. The minimum Gasteiger partial charge on any atom is -0.325 e. The molecule has 1 aliphatic rings. The molecule has 0 saturated carbocycles. The number of nitrogens with one attached hydrogen (secondary N) is 1. The number of sulfonamides is 1. The van der Waals surface area contributed by atoms with E-state index in [9.17, 15) is 13.2 Å². The van der Waals surface area contributed by atoms with Crippen molar-refractivity contribution in [3.63, 3.8) is 0 Å². The number of aromatic nitrogens is 2. The number of para-hydroxylation sites is 1. The molecule has 4 aromatic rings. The molecule has 1 aliphatic heterocycles. The van der Waals surface area contributed by atoms with Gasteiger partial charge in [0.15, 0.2) is 5.16 Å². The maximum absolute atomic E-state index is 13.7.